The van der Waals surface area contributed by atoms with Crippen molar-refractivity contribution in [2.24, 2.45) is 5.92 Å². The Hall–Kier alpha value is -4.03. The summed E-state index contributed by atoms with van der Waals surface area (Å²) in [5, 5.41) is 14.9. The van der Waals surface area contributed by atoms with E-state index in [4.69, 9.17) is 31.3 Å². The lowest BCUT2D eigenvalue weighted by Gasteiger charge is -2.24. The van der Waals surface area contributed by atoms with Crippen molar-refractivity contribution in [3.8, 4) is 6.07 Å². The molecule has 4 heterocycles. The third kappa shape index (κ3) is 5.09. The van der Waals surface area contributed by atoms with Gasteiger partial charge in [-0.25, -0.2) is 15.0 Å². The highest BCUT2D eigenvalue weighted by Gasteiger charge is 2.54. The number of benzene rings is 2. The van der Waals surface area contributed by atoms with Crippen LogP contribution in [0.5, 0.6) is 0 Å². The molecule has 1 aliphatic carbocycles. The van der Waals surface area contributed by atoms with Crippen molar-refractivity contribution >= 4 is 39.4 Å². The molecule has 8 nitrogen and oxygen atoms in total. The van der Waals surface area contributed by atoms with Crippen molar-refractivity contribution in [2.75, 3.05) is 5.32 Å². The first-order chi connectivity index (χ1) is 20.4. The van der Waals surface area contributed by atoms with Crippen LogP contribution in [0.2, 0.25) is 5.15 Å². The second-order valence-corrected chi connectivity index (χ2v) is 12.0. The molecule has 1 aliphatic heterocycles. The van der Waals surface area contributed by atoms with E-state index in [1.165, 1.54) is 11.9 Å². The summed E-state index contributed by atoms with van der Waals surface area (Å²) in [5.74, 6) is 0.531. The molecule has 1 saturated heterocycles. The van der Waals surface area contributed by atoms with E-state index in [2.05, 4.69) is 50.2 Å². The summed E-state index contributed by atoms with van der Waals surface area (Å²) >= 11 is 6.35. The lowest BCUT2D eigenvalue weighted by Crippen LogP contribution is -2.27. The zero-order valence-electron chi connectivity index (χ0n) is 23.5. The van der Waals surface area contributed by atoms with Gasteiger partial charge in [0.2, 0.25) is 0 Å². The number of hydrogen-bond donors (Lipinski definition) is 1. The van der Waals surface area contributed by atoms with E-state index >= 15 is 0 Å². The zero-order valence-corrected chi connectivity index (χ0v) is 24.3. The maximum Gasteiger partial charge on any atom is 0.163 e. The van der Waals surface area contributed by atoms with Gasteiger partial charge in [-0.2, -0.15) is 5.26 Å². The Morgan fingerprint density at radius 1 is 1.02 bits per heavy atom. The number of fused-ring (bicyclic) bond motifs is 3. The Balaban J connectivity index is 1.07. The molecule has 0 spiro atoms. The lowest BCUT2D eigenvalue weighted by atomic mass is 9.95. The van der Waals surface area contributed by atoms with Gasteiger partial charge in [0.05, 0.1) is 34.7 Å². The van der Waals surface area contributed by atoms with Crippen LogP contribution in [0.3, 0.4) is 0 Å². The highest BCUT2D eigenvalue weighted by atomic mass is 35.5. The molecule has 0 unspecified atom stereocenters. The largest absolute Gasteiger partial charge is 0.366 e. The minimum atomic E-state index is -0.629. The molecule has 0 amide bonds. The van der Waals surface area contributed by atoms with E-state index in [0.29, 0.717) is 23.2 Å². The summed E-state index contributed by atoms with van der Waals surface area (Å²) in [7, 11) is 0. The number of aryl methyl sites for hydroxylation is 1. The van der Waals surface area contributed by atoms with Crippen LogP contribution in [0.25, 0.3) is 21.9 Å². The summed E-state index contributed by atoms with van der Waals surface area (Å²) in [5.41, 5.74) is 4.81. The lowest BCUT2D eigenvalue weighted by molar-refractivity contribution is -0.160. The van der Waals surface area contributed by atoms with E-state index in [1.54, 1.807) is 0 Å². The molecule has 9 heteroatoms. The maximum absolute atomic E-state index is 9.02. The molecule has 212 valence electrons. The summed E-state index contributed by atoms with van der Waals surface area (Å²) < 4.78 is 15.1. The SMILES string of the molecule is CC1(C)O[C@@H]2[C@@H](CCc3ccc4ccc(NCc5ccc(C#N)cc5)nc4c3)C[C@@H](n3ccc4c(Cl)ncnc43)[C@@H]2O1. The number of halogens is 1. The molecule has 2 fully saturated rings. The van der Waals surface area contributed by atoms with Crippen molar-refractivity contribution in [3.63, 3.8) is 0 Å². The van der Waals surface area contributed by atoms with Gasteiger partial charge < -0.3 is 19.4 Å². The highest BCUT2D eigenvalue weighted by molar-refractivity contribution is 6.33. The smallest absolute Gasteiger partial charge is 0.163 e. The quantitative estimate of drug-likeness (QED) is 0.211. The zero-order chi connectivity index (χ0) is 28.8. The molecule has 3 aromatic heterocycles. The molecule has 4 atom stereocenters. The standard InChI is InChI=1S/C33H31ClN6O2/c1-33(2)41-29-24(16-27(30(29)42-33)40-14-13-25-31(34)37-19-38-32(25)40)10-8-20-7-9-23-11-12-28(39-26(23)15-20)36-18-22-5-3-21(17-35)4-6-22/h3-7,9,11-15,19,24,27,29-30H,8,10,16,18H2,1-2H3,(H,36,39)/t24-,27+,29+,30-/m0/s1. The average molecular weight is 579 g/mol. The van der Waals surface area contributed by atoms with Crippen molar-refractivity contribution in [1.82, 2.24) is 19.5 Å². The summed E-state index contributed by atoms with van der Waals surface area (Å²) in [6.07, 6.45) is 6.36. The number of anilines is 1. The van der Waals surface area contributed by atoms with Crippen LogP contribution < -0.4 is 5.32 Å². The Labute approximate surface area is 249 Å². The number of ether oxygens (including phenoxy) is 2. The average Bonchev–Trinajstić information content (AvgIpc) is 3.66. The van der Waals surface area contributed by atoms with Gasteiger partial charge in [0.15, 0.2) is 5.79 Å². The second-order valence-electron chi connectivity index (χ2n) is 11.7. The predicted molar refractivity (Wildman–Crippen MR) is 162 cm³/mol. The number of hydrogen-bond acceptors (Lipinski definition) is 7. The topological polar surface area (TPSA) is 97.9 Å². The third-order valence-corrected chi connectivity index (χ3v) is 8.79. The normalized spacial score (nSPS) is 22.8. The first-order valence-electron chi connectivity index (χ1n) is 14.3. The van der Waals surface area contributed by atoms with E-state index in [1.807, 2.05) is 56.4 Å². The monoisotopic (exact) mass is 578 g/mol. The minimum absolute atomic E-state index is 0.0105. The third-order valence-electron chi connectivity index (χ3n) is 8.49. The molecule has 1 saturated carbocycles. The van der Waals surface area contributed by atoms with Gasteiger partial charge in [-0.1, -0.05) is 35.9 Å². The van der Waals surface area contributed by atoms with Gasteiger partial charge >= 0.3 is 0 Å². The fourth-order valence-electron chi connectivity index (χ4n) is 6.48. The van der Waals surface area contributed by atoms with Crippen molar-refractivity contribution < 1.29 is 9.47 Å². The summed E-state index contributed by atoms with van der Waals surface area (Å²) in [6, 6.07) is 22.5. The van der Waals surface area contributed by atoms with Crippen LogP contribution in [-0.4, -0.2) is 37.5 Å². The molecule has 7 rings (SSSR count). The van der Waals surface area contributed by atoms with Crippen LogP contribution in [0.15, 0.2) is 73.2 Å². The Kier molecular flexibility index (Phi) is 6.82. The van der Waals surface area contributed by atoms with Gasteiger partial charge in [-0.3, -0.25) is 0 Å². The Bertz CT molecular complexity index is 1810. The number of pyridine rings is 1. The van der Waals surface area contributed by atoms with Crippen molar-refractivity contribution in [3.05, 3.63) is 95.0 Å². The molecule has 5 aromatic rings. The molecule has 0 bridgehead atoms. The summed E-state index contributed by atoms with van der Waals surface area (Å²) in [4.78, 5) is 13.6. The van der Waals surface area contributed by atoms with Gasteiger partial charge in [-0.05, 0) is 86.6 Å². The number of aromatic nitrogens is 4. The minimum Gasteiger partial charge on any atom is -0.366 e. The first-order valence-corrected chi connectivity index (χ1v) is 14.7. The van der Waals surface area contributed by atoms with Crippen molar-refractivity contribution in [1.29, 1.82) is 5.26 Å². The van der Waals surface area contributed by atoms with E-state index in [-0.39, 0.29) is 18.2 Å². The fourth-order valence-corrected chi connectivity index (χ4v) is 6.67. The van der Waals surface area contributed by atoms with Crippen LogP contribution >= 0.6 is 11.6 Å². The Morgan fingerprint density at radius 2 is 1.81 bits per heavy atom. The highest BCUT2D eigenvalue weighted by Crippen LogP contribution is 2.49. The number of nitriles is 1. The summed E-state index contributed by atoms with van der Waals surface area (Å²) in [6.45, 7) is 4.63. The number of rotatable bonds is 7. The molecule has 0 radical (unpaired) electrons. The van der Waals surface area contributed by atoms with E-state index < -0.39 is 5.79 Å². The van der Waals surface area contributed by atoms with Gasteiger partial charge in [0, 0.05) is 18.1 Å². The van der Waals surface area contributed by atoms with Gasteiger partial charge in [-0.15, -0.1) is 0 Å². The molecule has 42 heavy (non-hydrogen) atoms. The molecule has 2 aromatic carbocycles. The molecular formula is C33H31ClN6O2. The van der Waals surface area contributed by atoms with Crippen LogP contribution in [0.4, 0.5) is 5.82 Å². The van der Waals surface area contributed by atoms with E-state index in [0.717, 1.165) is 52.6 Å². The fraction of sp³-hybridized carbons (Fsp3) is 0.333. The predicted octanol–water partition coefficient (Wildman–Crippen LogP) is 6.83. The molecule has 2 aliphatic rings. The first kappa shape index (κ1) is 26.8. The van der Waals surface area contributed by atoms with Gasteiger partial charge in [0.1, 0.15) is 29.0 Å². The van der Waals surface area contributed by atoms with Crippen LogP contribution in [0, 0.1) is 17.2 Å². The van der Waals surface area contributed by atoms with Crippen LogP contribution in [-0.2, 0) is 22.4 Å². The molecule has 1 N–H and O–H groups in total. The van der Waals surface area contributed by atoms with E-state index in [9.17, 15) is 0 Å². The van der Waals surface area contributed by atoms with Gasteiger partial charge in [0.25, 0.3) is 0 Å². The van der Waals surface area contributed by atoms with Crippen LogP contribution in [0.1, 0.15) is 49.4 Å². The maximum atomic E-state index is 9.02. The number of nitrogens with zero attached hydrogens (tertiary/aromatic N) is 5. The second kappa shape index (κ2) is 10.7. The number of nitrogens with one attached hydrogen (secondary N) is 1. The molecular weight excluding hydrogens is 548 g/mol. The van der Waals surface area contributed by atoms with Crippen molar-refractivity contribution in [2.45, 2.75) is 63.7 Å². The Morgan fingerprint density at radius 3 is 2.64 bits per heavy atom.